The first kappa shape index (κ1) is 16.2. The fraction of sp³-hybridized carbons (Fsp3) is 0.136. The van der Waals surface area contributed by atoms with Crippen molar-refractivity contribution in [3.05, 3.63) is 89.7 Å². The maximum Gasteiger partial charge on any atom is 0.161 e. The van der Waals surface area contributed by atoms with Crippen LogP contribution in [0.25, 0.3) is 11.0 Å². The molecular formula is C22H20N2O2. The van der Waals surface area contributed by atoms with Gasteiger partial charge in [0.15, 0.2) is 11.5 Å². The van der Waals surface area contributed by atoms with Gasteiger partial charge in [-0.3, -0.25) is 0 Å². The highest BCUT2D eigenvalue weighted by Gasteiger charge is 2.09. The molecule has 0 spiro atoms. The van der Waals surface area contributed by atoms with Crippen molar-refractivity contribution >= 4 is 11.0 Å². The average molecular weight is 344 g/mol. The first-order valence-electron chi connectivity index (χ1n) is 8.58. The van der Waals surface area contributed by atoms with E-state index in [4.69, 9.17) is 9.47 Å². The zero-order chi connectivity index (χ0) is 17.8. The molecule has 0 aliphatic heterocycles. The molecule has 4 nitrogen and oxygen atoms in total. The van der Waals surface area contributed by atoms with Gasteiger partial charge in [0.1, 0.15) is 12.3 Å². The predicted molar refractivity (Wildman–Crippen MR) is 103 cm³/mol. The van der Waals surface area contributed by atoms with E-state index in [-0.39, 0.29) is 0 Å². The van der Waals surface area contributed by atoms with Crippen molar-refractivity contribution in [1.82, 2.24) is 9.97 Å². The van der Waals surface area contributed by atoms with Crippen molar-refractivity contribution in [1.29, 1.82) is 0 Å². The molecule has 2 aromatic carbocycles. The second kappa shape index (κ2) is 7.31. The Morgan fingerprint density at radius 3 is 2.65 bits per heavy atom. The predicted octanol–water partition coefficient (Wildman–Crippen LogP) is 4.74. The second-order valence-electron chi connectivity index (χ2n) is 6.15. The molecule has 0 bridgehead atoms. The average Bonchev–Trinajstić information content (AvgIpc) is 3.10. The highest BCUT2D eigenvalue weighted by Crippen LogP contribution is 2.30. The first-order valence-corrected chi connectivity index (χ1v) is 8.58. The zero-order valence-corrected chi connectivity index (χ0v) is 14.6. The minimum atomic E-state index is 0.519. The van der Waals surface area contributed by atoms with Gasteiger partial charge < -0.3 is 14.5 Å². The first-order chi connectivity index (χ1) is 12.8. The highest BCUT2D eigenvalue weighted by molar-refractivity contribution is 5.79. The number of nitrogens with zero attached hydrogens (tertiary/aromatic N) is 1. The van der Waals surface area contributed by atoms with E-state index >= 15 is 0 Å². The molecule has 0 fully saturated rings. The molecule has 0 saturated heterocycles. The maximum atomic E-state index is 5.93. The fourth-order valence-electron chi connectivity index (χ4n) is 3.06. The van der Waals surface area contributed by atoms with E-state index in [1.54, 1.807) is 13.3 Å². The summed E-state index contributed by atoms with van der Waals surface area (Å²) in [5, 5.41) is 1.15. The standard InChI is InChI=1S/C22H20N2O2/c1-25-21-13-17(12-18-14-24-22-19(18)8-5-11-23-22)9-10-20(21)26-15-16-6-3-2-4-7-16/h2-11,13-14H,12,15H2,1H3,(H,23,24). The van der Waals surface area contributed by atoms with E-state index in [2.05, 4.69) is 22.1 Å². The second-order valence-corrected chi connectivity index (χ2v) is 6.15. The molecule has 130 valence electrons. The number of hydrogen-bond donors (Lipinski definition) is 1. The van der Waals surface area contributed by atoms with Gasteiger partial charge in [0, 0.05) is 17.8 Å². The molecule has 4 heteroatoms. The van der Waals surface area contributed by atoms with E-state index in [9.17, 15) is 0 Å². The van der Waals surface area contributed by atoms with Crippen molar-refractivity contribution in [3.63, 3.8) is 0 Å². The third-order valence-electron chi connectivity index (χ3n) is 4.40. The fourth-order valence-corrected chi connectivity index (χ4v) is 3.06. The largest absolute Gasteiger partial charge is 0.493 e. The molecule has 0 unspecified atom stereocenters. The molecule has 4 aromatic rings. The van der Waals surface area contributed by atoms with Crippen molar-refractivity contribution in [2.45, 2.75) is 13.0 Å². The van der Waals surface area contributed by atoms with Gasteiger partial charge in [-0.25, -0.2) is 4.98 Å². The lowest BCUT2D eigenvalue weighted by Crippen LogP contribution is -1.98. The number of aromatic nitrogens is 2. The quantitative estimate of drug-likeness (QED) is 0.549. The Kier molecular flexibility index (Phi) is 4.56. The summed E-state index contributed by atoms with van der Waals surface area (Å²) in [7, 11) is 1.67. The molecule has 0 atom stereocenters. The Hall–Kier alpha value is -3.27. The van der Waals surface area contributed by atoms with E-state index in [0.29, 0.717) is 6.61 Å². The molecule has 2 heterocycles. The number of ether oxygens (including phenoxy) is 2. The summed E-state index contributed by atoms with van der Waals surface area (Å²) >= 11 is 0. The lowest BCUT2D eigenvalue weighted by Gasteiger charge is -2.12. The molecule has 0 radical (unpaired) electrons. The molecule has 0 aliphatic carbocycles. The Balaban J connectivity index is 1.53. The molecule has 4 rings (SSSR count). The van der Waals surface area contributed by atoms with E-state index in [0.717, 1.165) is 34.5 Å². The lowest BCUT2D eigenvalue weighted by atomic mass is 10.0. The molecular weight excluding hydrogens is 324 g/mol. The van der Waals surface area contributed by atoms with Crippen molar-refractivity contribution in [2.75, 3.05) is 7.11 Å². The highest BCUT2D eigenvalue weighted by atomic mass is 16.5. The van der Waals surface area contributed by atoms with Crippen LogP contribution in [-0.4, -0.2) is 17.1 Å². The van der Waals surface area contributed by atoms with Gasteiger partial charge in [0.05, 0.1) is 7.11 Å². The minimum absolute atomic E-state index is 0.519. The van der Waals surface area contributed by atoms with Crippen LogP contribution in [0, 0.1) is 0 Å². The SMILES string of the molecule is COc1cc(Cc2c[nH]c3ncccc23)ccc1OCc1ccccc1. The van der Waals surface area contributed by atoms with Crippen LogP contribution in [0.5, 0.6) is 11.5 Å². The number of aromatic amines is 1. The zero-order valence-electron chi connectivity index (χ0n) is 14.6. The molecule has 0 aliphatic rings. The number of nitrogens with one attached hydrogen (secondary N) is 1. The Morgan fingerprint density at radius 1 is 0.923 bits per heavy atom. The van der Waals surface area contributed by atoms with Gasteiger partial charge in [0.25, 0.3) is 0 Å². The minimum Gasteiger partial charge on any atom is -0.493 e. The molecule has 26 heavy (non-hydrogen) atoms. The van der Waals surface area contributed by atoms with Gasteiger partial charge in [0.2, 0.25) is 0 Å². The summed E-state index contributed by atoms with van der Waals surface area (Å²) in [5.74, 6) is 1.50. The van der Waals surface area contributed by atoms with Gasteiger partial charge in [-0.1, -0.05) is 36.4 Å². The van der Waals surface area contributed by atoms with Gasteiger partial charge in [-0.05, 0) is 47.4 Å². The van der Waals surface area contributed by atoms with Crippen molar-refractivity contribution < 1.29 is 9.47 Å². The van der Waals surface area contributed by atoms with E-state index in [1.807, 2.05) is 54.7 Å². The third kappa shape index (κ3) is 3.40. The lowest BCUT2D eigenvalue weighted by molar-refractivity contribution is 0.284. The summed E-state index contributed by atoms with van der Waals surface area (Å²) in [4.78, 5) is 7.56. The molecule has 0 amide bonds. The molecule has 1 N–H and O–H groups in total. The van der Waals surface area contributed by atoms with Crippen LogP contribution in [0.1, 0.15) is 16.7 Å². The molecule has 0 saturated carbocycles. The van der Waals surface area contributed by atoms with Gasteiger partial charge in [-0.15, -0.1) is 0 Å². The van der Waals surface area contributed by atoms with Crippen LogP contribution in [0.2, 0.25) is 0 Å². The van der Waals surface area contributed by atoms with Crippen molar-refractivity contribution in [2.24, 2.45) is 0 Å². The number of benzene rings is 2. The number of pyridine rings is 1. The van der Waals surface area contributed by atoms with Gasteiger partial charge >= 0.3 is 0 Å². The summed E-state index contributed by atoms with van der Waals surface area (Å²) in [6.07, 6.45) is 4.62. The number of fused-ring (bicyclic) bond motifs is 1. The summed E-state index contributed by atoms with van der Waals surface area (Å²) in [5.41, 5.74) is 4.42. The molecule has 2 aromatic heterocycles. The van der Waals surface area contributed by atoms with Crippen LogP contribution in [0.3, 0.4) is 0 Å². The maximum absolute atomic E-state index is 5.93. The Morgan fingerprint density at radius 2 is 1.81 bits per heavy atom. The van der Waals surface area contributed by atoms with Crippen molar-refractivity contribution in [3.8, 4) is 11.5 Å². The Bertz CT molecular complexity index is 1010. The van der Waals surface area contributed by atoms with Crippen LogP contribution in [0.15, 0.2) is 73.1 Å². The van der Waals surface area contributed by atoms with Gasteiger partial charge in [-0.2, -0.15) is 0 Å². The third-order valence-corrected chi connectivity index (χ3v) is 4.40. The van der Waals surface area contributed by atoms with E-state index in [1.165, 1.54) is 11.1 Å². The van der Waals surface area contributed by atoms with Crippen LogP contribution in [0.4, 0.5) is 0 Å². The normalized spacial score (nSPS) is 10.8. The smallest absolute Gasteiger partial charge is 0.161 e. The van der Waals surface area contributed by atoms with Crippen LogP contribution in [-0.2, 0) is 13.0 Å². The van der Waals surface area contributed by atoms with Crippen LogP contribution < -0.4 is 9.47 Å². The van der Waals surface area contributed by atoms with Crippen LogP contribution >= 0.6 is 0 Å². The summed E-state index contributed by atoms with van der Waals surface area (Å²) in [6, 6.07) is 20.3. The number of H-pyrrole nitrogens is 1. The van der Waals surface area contributed by atoms with E-state index < -0.39 is 0 Å². The number of methoxy groups -OCH3 is 1. The summed E-state index contributed by atoms with van der Waals surface area (Å²) in [6.45, 7) is 0.519. The number of hydrogen-bond acceptors (Lipinski definition) is 3. The monoisotopic (exact) mass is 344 g/mol. The Labute approximate surface area is 152 Å². The number of rotatable bonds is 6. The topological polar surface area (TPSA) is 47.1 Å². The summed E-state index contributed by atoms with van der Waals surface area (Å²) < 4.78 is 11.5.